The Kier molecular flexibility index (Phi) is 2.67. The van der Waals surface area contributed by atoms with E-state index in [2.05, 4.69) is 5.32 Å². The number of hydrogen-bond donors (Lipinski definition) is 2. The van der Waals surface area contributed by atoms with Crippen LogP contribution in [0.25, 0.3) is 10.9 Å². The molecule has 0 spiro atoms. The van der Waals surface area contributed by atoms with Crippen molar-refractivity contribution in [3.8, 4) is 0 Å². The third-order valence-electron chi connectivity index (χ3n) is 2.73. The van der Waals surface area contributed by atoms with E-state index in [-0.39, 0.29) is 5.91 Å². The molecule has 0 saturated carbocycles. The van der Waals surface area contributed by atoms with Crippen LogP contribution in [0.3, 0.4) is 0 Å². The Labute approximate surface area is 100 Å². The Bertz CT molecular complexity index is 564. The van der Waals surface area contributed by atoms with Crippen molar-refractivity contribution in [2.45, 2.75) is 19.4 Å². The molecule has 1 aromatic heterocycles. The topological polar surface area (TPSA) is 60.0 Å². The van der Waals surface area contributed by atoms with E-state index >= 15 is 0 Å². The maximum Gasteiger partial charge on any atom is 0.243 e. The van der Waals surface area contributed by atoms with Gasteiger partial charge in [0.15, 0.2) is 0 Å². The van der Waals surface area contributed by atoms with Crippen LogP contribution in [-0.4, -0.2) is 16.0 Å². The number of aromatic nitrogens is 1. The summed E-state index contributed by atoms with van der Waals surface area (Å²) in [6, 6.07) is 7.82. The largest absolute Gasteiger partial charge is 0.351 e. The van der Waals surface area contributed by atoms with Gasteiger partial charge in [0.05, 0.1) is 5.54 Å². The zero-order valence-corrected chi connectivity index (χ0v) is 10.3. The van der Waals surface area contributed by atoms with Gasteiger partial charge in [0.25, 0.3) is 0 Å². The number of carbonyl (C=O) groups is 1. The zero-order valence-electron chi connectivity index (χ0n) is 10.3. The van der Waals surface area contributed by atoms with Crippen LogP contribution in [0.2, 0.25) is 0 Å². The summed E-state index contributed by atoms with van der Waals surface area (Å²) in [6.07, 6.45) is 1.99. The molecule has 0 radical (unpaired) electrons. The van der Waals surface area contributed by atoms with E-state index in [9.17, 15) is 4.79 Å². The second-order valence-electron chi connectivity index (χ2n) is 4.88. The lowest BCUT2D eigenvalue weighted by molar-refractivity contribution is -0.120. The van der Waals surface area contributed by atoms with Crippen LogP contribution in [0, 0.1) is 0 Å². The summed E-state index contributed by atoms with van der Waals surface area (Å²) in [5, 5.41) is 3.91. The first-order valence-electron chi connectivity index (χ1n) is 5.53. The van der Waals surface area contributed by atoms with Gasteiger partial charge in [-0.2, -0.15) is 0 Å². The number of anilines is 1. The van der Waals surface area contributed by atoms with Gasteiger partial charge in [-0.3, -0.25) is 4.79 Å². The molecule has 0 fully saturated rings. The minimum absolute atomic E-state index is 0.187. The molecular weight excluding hydrogens is 214 g/mol. The lowest BCUT2D eigenvalue weighted by atomic mass is 10.1. The number of carbonyl (C=O) groups excluding carboxylic acids is 1. The fourth-order valence-corrected chi connectivity index (χ4v) is 1.65. The van der Waals surface area contributed by atoms with Crippen molar-refractivity contribution in [2.24, 2.45) is 12.8 Å². The molecule has 2 rings (SSSR count). The van der Waals surface area contributed by atoms with Gasteiger partial charge in [0.2, 0.25) is 5.91 Å². The minimum atomic E-state index is -0.869. The van der Waals surface area contributed by atoms with Gasteiger partial charge in [-0.15, -0.1) is 0 Å². The third kappa shape index (κ3) is 2.31. The molecule has 0 saturated heterocycles. The maximum atomic E-state index is 11.7. The number of aryl methyl sites for hydroxylation is 1. The van der Waals surface area contributed by atoms with Gasteiger partial charge in [-0.05, 0) is 38.1 Å². The molecule has 0 unspecified atom stereocenters. The Morgan fingerprint density at radius 1 is 1.35 bits per heavy atom. The number of benzene rings is 1. The van der Waals surface area contributed by atoms with Crippen LogP contribution in [-0.2, 0) is 11.8 Å². The highest BCUT2D eigenvalue weighted by molar-refractivity contribution is 5.98. The molecule has 0 aliphatic heterocycles. The van der Waals surface area contributed by atoms with E-state index in [4.69, 9.17) is 5.73 Å². The molecule has 4 nitrogen and oxygen atoms in total. The first-order chi connectivity index (χ1) is 7.88. The lowest BCUT2D eigenvalue weighted by Crippen LogP contribution is -2.45. The van der Waals surface area contributed by atoms with Crippen LogP contribution >= 0.6 is 0 Å². The number of fused-ring (bicyclic) bond motifs is 1. The normalized spacial score (nSPS) is 11.8. The molecular formula is C13H17N3O. The molecule has 0 aliphatic rings. The molecule has 1 aromatic carbocycles. The molecule has 17 heavy (non-hydrogen) atoms. The van der Waals surface area contributed by atoms with Crippen molar-refractivity contribution in [3.05, 3.63) is 30.5 Å². The predicted molar refractivity (Wildman–Crippen MR) is 69.8 cm³/mol. The molecule has 0 atom stereocenters. The maximum absolute atomic E-state index is 11.7. The van der Waals surface area contributed by atoms with E-state index in [0.717, 1.165) is 16.6 Å². The van der Waals surface area contributed by atoms with Crippen LogP contribution in [0.5, 0.6) is 0 Å². The molecule has 1 amide bonds. The third-order valence-corrected chi connectivity index (χ3v) is 2.73. The number of amides is 1. The highest BCUT2D eigenvalue weighted by atomic mass is 16.2. The number of nitrogens with one attached hydrogen (secondary N) is 1. The van der Waals surface area contributed by atoms with Crippen LogP contribution < -0.4 is 11.1 Å². The number of hydrogen-bond acceptors (Lipinski definition) is 2. The monoisotopic (exact) mass is 231 g/mol. The van der Waals surface area contributed by atoms with Crippen LogP contribution in [0.15, 0.2) is 30.5 Å². The van der Waals surface area contributed by atoms with Crippen molar-refractivity contribution in [3.63, 3.8) is 0 Å². The summed E-state index contributed by atoms with van der Waals surface area (Å²) in [5.74, 6) is -0.187. The summed E-state index contributed by atoms with van der Waals surface area (Å²) in [7, 11) is 1.99. The summed E-state index contributed by atoms with van der Waals surface area (Å²) in [4.78, 5) is 11.7. The first-order valence-corrected chi connectivity index (χ1v) is 5.53. The van der Waals surface area contributed by atoms with Crippen molar-refractivity contribution in [2.75, 3.05) is 5.32 Å². The molecule has 0 bridgehead atoms. The van der Waals surface area contributed by atoms with Gasteiger partial charge < -0.3 is 15.6 Å². The highest BCUT2D eigenvalue weighted by Crippen LogP contribution is 2.20. The van der Waals surface area contributed by atoms with Crippen molar-refractivity contribution < 1.29 is 4.79 Å². The van der Waals surface area contributed by atoms with Crippen molar-refractivity contribution in [1.82, 2.24) is 4.57 Å². The molecule has 1 heterocycles. The number of rotatable bonds is 2. The van der Waals surface area contributed by atoms with Crippen molar-refractivity contribution >= 4 is 22.5 Å². The van der Waals surface area contributed by atoms with Gasteiger partial charge in [-0.1, -0.05) is 0 Å². The van der Waals surface area contributed by atoms with E-state index in [1.807, 2.05) is 42.1 Å². The Hall–Kier alpha value is -1.81. The fourth-order valence-electron chi connectivity index (χ4n) is 1.65. The van der Waals surface area contributed by atoms with Crippen LogP contribution in [0.4, 0.5) is 5.69 Å². The first kappa shape index (κ1) is 11.7. The second-order valence-corrected chi connectivity index (χ2v) is 4.88. The zero-order chi connectivity index (χ0) is 12.6. The van der Waals surface area contributed by atoms with E-state index < -0.39 is 5.54 Å². The SMILES string of the molecule is Cn1ccc2cc(NC(=O)C(C)(C)N)ccc21. The summed E-state index contributed by atoms with van der Waals surface area (Å²) >= 11 is 0. The van der Waals surface area contributed by atoms with Gasteiger partial charge in [-0.25, -0.2) is 0 Å². The molecule has 0 aliphatic carbocycles. The average molecular weight is 231 g/mol. The van der Waals surface area contributed by atoms with E-state index in [1.165, 1.54) is 0 Å². The summed E-state index contributed by atoms with van der Waals surface area (Å²) in [5.41, 5.74) is 6.76. The summed E-state index contributed by atoms with van der Waals surface area (Å²) < 4.78 is 2.04. The average Bonchev–Trinajstić information content (AvgIpc) is 2.59. The van der Waals surface area contributed by atoms with E-state index in [0.29, 0.717) is 0 Å². The predicted octanol–water partition coefficient (Wildman–Crippen LogP) is 1.85. The molecule has 4 heteroatoms. The van der Waals surface area contributed by atoms with E-state index in [1.54, 1.807) is 13.8 Å². The number of nitrogens with zero attached hydrogens (tertiary/aromatic N) is 1. The Morgan fingerprint density at radius 2 is 2.06 bits per heavy atom. The van der Waals surface area contributed by atoms with Gasteiger partial charge >= 0.3 is 0 Å². The second kappa shape index (κ2) is 3.89. The quantitative estimate of drug-likeness (QED) is 0.828. The lowest BCUT2D eigenvalue weighted by Gasteiger charge is -2.17. The smallest absolute Gasteiger partial charge is 0.243 e. The fraction of sp³-hybridized carbons (Fsp3) is 0.308. The Balaban J connectivity index is 2.29. The standard InChI is InChI=1S/C13H17N3O/c1-13(2,14)12(17)15-10-4-5-11-9(8-10)6-7-16(11)3/h4-8H,14H2,1-3H3,(H,15,17). The van der Waals surface area contributed by atoms with Gasteiger partial charge in [0.1, 0.15) is 0 Å². The van der Waals surface area contributed by atoms with Crippen molar-refractivity contribution in [1.29, 1.82) is 0 Å². The number of nitrogens with two attached hydrogens (primary N) is 1. The van der Waals surface area contributed by atoms with Crippen LogP contribution in [0.1, 0.15) is 13.8 Å². The van der Waals surface area contributed by atoms with Gasteiger partial charge in [0, 0.05) is 29.8 Å². The molecule has 3 N–H and O–H groups in total. The minimum Gasteiger partial charge on any atom is -0.351 e. The summed E-state index contributed by atoms with van der Waals surface area (Å²) in [6.45, 7) is 3.37. The molecule has 2 aromatic rings. The molecule has 90 valence electrons. The highest BCUT2D eigenvalue weighted by Gasteiger charge is 2.21. The Morgan fingerprint density at radius 3 is 2.71 bits per heavy atom.